The molecule has 1 atom stereocenters. The number of hydrogen-bond acceptors (Lipinski definition) is 5. The topological polar surface area (TPSA) is 58.3 Å². The van der Waals surface area contributed by atoms with Crippen LogP contribution in [0.25, 0.3) is 0 Å². The first-order chi connectivity index (χ1) is 10.2. The van der Waals surface area contributed by atoms with Gasteiger partial charge in [-0.25, -0.2) is 9.97 Å². The molecule has 0 amide bonds. The molecule has 1 aliphatic rings. The van der Waals surface area contributed by atoms with E-state index >= 15 is 0 Å². The summed E-state index contributed by atoms with van der Waals surface area (Å²) in [5.41, 5.74) is 8.21. The van der Waals surface area contributed by atoms with Gasteiger partial charge in [0.1, 0.15) is 12.1 Å². The summed E-state index contributed by atoms with van der Waals surface area (Å²) in [5.74, 6) is 0.586. The van der Waals surface area contributed by atoms with E-state index in [1.807, 2.05) is 6.20 Å². The quantitative estimate of drug-likeness (QED) is 0.930. The summed E-state index contributed by atoms with van der Waals surface area (Å²) >= 11 is 0. The highest BCUT2D eigenvalue weighted by atomic mass is 15.3. The predicted octanol–water partition coefficient (Wildman–Crippen LogP) is 1.77. The predicted molar refractivity (Wildman–Crippen MR) is 85.0 cm³/mol. The lowest BCUT2D eigenvalue weighted by atomic mass is 10.1. The Bertz CT molecular complexity index is 586. The van der Waals surface area contributed by atoms with Gasteiger partial charge < -0.3 is 10.6 Å². The van der Waals surface area contributed by atoms with Crippen LogP contribution in [0.3, 0.4) is 0 Å². The summed E-state index contributed by atoms with van der Waals surface area (Å²) in [6, 6.07) is 11.1. The van der Waals surface area contributed by atoms with Gasteiger partial charge in [0.2, 0.25) is 0 Å². The Labute approximate surface area is 125 Å². The average Bonchev–Trinajstić information content (AvgIpc) is 2.51. The Morgan fingerprint density at radius 2 is 2.05 bits per heavy atom. The molecule has 0 saturated carbocycles. The van der Waals surface area contributed by atoms with E-state index in [2.05, 4.69) is 57.0 Å². The van der Waals surface area contributed by atoms with Crippen molar-refractivity contribution >= 4 is 11.5 Å². The first kappa shape index (κ1) is 13.8. The molecule has 5 heteroatoms. The number of nitrogen functional groups attached to an aromatic ring is 1. The molecule has 21 heavy (non-hydrogen) atoms. The molecule has 1 aliphatic heterocycles. The molecule has 0 aliphatic carbocycles. The summed E-state index contributed by atoms with van der Waals surface area (Å²) in [4.78, 5) is 13.0. The molecule has 1 saturated heterocycles. The first-order valence-corrected chi connectivity index (χ1v) is 7.32. The molecule has 1 aromatic heterocycles. The van der Waals surface area contributed by atoms with Gasteiger partial charge in [-0.3, -0.25) is 4.90 Å². The molecular formula is C16H21N5. The van der Waals surface area contributed by atoms with Crippen molar-refractivity contribution < 1.29 is 0 Å². The van der Waals surface area contributed by atoms with Crippen molar-refractivity contribution in [3.63, 3.8) is 0 Å². The summed E-state index contributed by atoms with van der Waals surface area (Å²) in [5, 5.41) is 0. The molecule has 1 unspecified atom stereocenters. The normalized spacial score (nSPS) is 19.7. The summed E-state index contributed by atoms with van der Waals surface area (Å²) in [6.07, 6.45) is 3.31. The maximum Gasteiger partial charge on any atom is 0.131 e. The van der Waals surface area contributed by atoms with Crippen LogP contribution in [0.5, 0.6) is 0 Å². The monoisotopic (exact) mass is 283 g/mol. The van der Waals surface area contributed by atoms with Crippen LogP contribution in [-0.4, -0.2) is 40.5 Å². The molecule has 1 fully saturated rings. The Morgan fingerprint density at radius 1 is 1.24 bits per heavy atom. The second-order valence-corrected chi connectivity index (χ2v) is 5.55. The van der Waals surface area contributed by atoms with Crippen molar-refractivity contribution in [1.82, 2.24) is 14.9 Å². The van der Waals surface area contributed by atoms with Crippen LogP contribution in [-0.2, 0) is 6.54 Å². The lowest BCUT2D eigenvalue weighted by Gasteiger charge is -2.41. The third kappa shape index (κ3) is 3.13. The lowest BCUT2D eigenvalue weighted by Crippen LogP contribution is -2.51. The second kappa shape index (κ2) is 6.10. The zero-order valence-corrected chi connectivity index (χ0v) is 12.3. The molecule has 110 valence electrons. The number of hydrogen-bond donors (Lipinski definition) is 1. The minimum Gasteiger partial charge on any atom is -0.383 e. The minimum absolute atomic E-state index is 0.479. The van der Waals surface area contributed by atoms with Gasteiger partial charge in [-0.15, -0.1) is 0 Å². The van der Waals surface area contributed by atoms with Crippen molar-refractivity contribution in [1.29, 1.82) is 0 Å². The molecule has 0 spiro atoms. The number of rotatable bonds is 3. The Balaban J connectivity index is 1.65. The van der Waals surface area contributed by atoms with Gasteiger partial charge >= 0.3 is 0 Å². The first-order valence-electron chi connectivity index (χ1n) is 7.32. The van der Waals surface area contributed by atoms with Crippen LogP contribution >= 0.6 is 0 Å². The van der Waals surface area contributed by atoms with Gasteiger partial charge in [-0.1, -0.05) is 18.2 Å². The van der Waals surface area contributed by atoms with Gasteiger partial charge in [-0.2, -0.15) is 0 Å². The number of aromatic nitrogens is 2. The van der Waals surface area contributed by atoms with Crippen LogP contribution in [0.4, 0.5) is 11.5 Å². The van der Waals surface area contributed by atoms with Crippen LogP contribution in [0.15, 0.2) is 42.9 Å². The third-order valence-electron chi connectivity index (χ3n) is 4.02. The maximum absolute atomic E-state index is 5.90. The van der Waals surface area contributed by atoms with Crippen LogP contribution < -0.4 is 10.6 Å². The number of piperazine rings is 1. The molecule has 0 radical (unpaired) electrons. The van der Waals surface area contributed by atoms with E-state index in [-0.39, 0.29) is 0 Å². The number of anilines is 2. The molecule has 0 bridgehead atoms. The maximum atomic E-state index is 5.90. The zero-order chi connectivity index (χ0) is 14.7. The highest BCUT2D eigenvalue weighted by molar-refractivity contribution is 5.47. The van der Waals surface area contributed by atoms with E-state index in [1.165, 1.54) is 12.0 Å². The standard InChI is InChI=1S/C16H21N5/c1-13-10-20(11-14-9-18-12-19-16(14)17)7-8-21(13)15-5-3-2-4-6-15/h2-6,9,12-13H,7-8,10-11H2,1H3,(H2,17,18,19). The van der Waals surface area contributed by atoms with Crippen molar-refractivity contribution in [2.45, 2.75) is 19.5 Å². The van der Waals surface area contributed by atoms with Gasteiger partial charge in [-0.05, 0) is 19.1 Å². The largest absolute Gasteiger partial charge is 0.383 e. The van der Waals surface area contributed by atoms with E-state index in [4.69, 9.17) is 5.73 Å². The Kier molecular flexibility index (Phi) is 4.01. The number of nitrogens with two attached hydrogens (primary N) is 1. The molecule has 3 rings (SSSR count). The van der Waals surface area contributed by atoms with E-state index in [9.17, 15) is 0 Å². The molecule has 1 aromatic carbocycles. The minimum atomic E-state index is 0.479. The fourth-order valence-corrected chi connectivity index (χ4v) is 2.91. The Hall–Kier alpha value is -2.14. The van der Waals surface area contributed by atoms with Crippen LogP contribution in [0.1, 0.15) is 12.5 Å². The molecule has 2 N–H and O–H groups in total. The van der Waals surface area contributed by atoms with Gasteiger partial charge in [0, 0.05) is 49.7 Å². The molecule has 2 aromatic rings. The van der Waals surface area contributed by atoms with E-state index < -0.39 is 0 Å². The van der Waals surface area contributed by atoms with Gasteiger partial charge in [0.25, 0.3) is 0 Å². The Morgan fingerprint density at radius 3 is 2.76 bits per heavy atom. The fraction of sp³-hybridized carbons (Fsp3) is 0.375. The van der Waals surface area contributed by atoms with Gasteiger partial charge in [0.15, 0.2) is 0 Å². The van der Waals surface area contributed by atoms with Crippen molar-refractivity contribution in [2.24, 2.45) is 0 Å². The number of benzene rings is 1. The average molecular weight is 283 g/mol. The molecular weight excluding hydrogens is 262 g/mol. The zero-order valence-electron chi connectivity index (χ0n) is 12.3. The SMILES string of the molecule is CC1CN(Cc2cncnc2N)CCN1c1ccccc1. The molecule has 5 nitrogen and oxygen atoms in total. The third-order valence-corrected chi connectivity index (χ3v) is 4.02. The van der Waals surface area contributed by atoms with Crippen LogP contribution in [0.2, 0.25) is 0 Å². The lowest BCUT2D eigenvalue weighted by molar-refractivity contribution is 0.221. The van der Waals surface area contributed by atoms with Crippen molar-refractivity contribution in [3.8, 4) is 0 Å². The van der Waals surface area contributed by atoms with Crippen molar-refractivity contribution in [3.05, 3.63) is 48.4 Å². The summed E-state index contributed by atoms with van der Waals surface area (Å²) in [6.45, 7) is 6.15. The van der Waals surface area contributed by atoms with E-state index in [0.717, 1.165) is 31.7 Å². The second-order valence-electron chi connectivity index (χ2n) is 5.55. The number of nitrogens with zero attached hydrogens (tertiary/aromatic N) is 4. The van der Waals surface area contributed by atoms with E-state index in [0.29, 0.717) is 11.9 Å². The van der Waals surface area contributed by atoms with Crippen molar-refractivity contribution in [2.75, 3.05) is 30.3 Å². The van der Waals surface area contributed by atoms with Gasteiger partial charge in [0.05, 0.1) is 0 Å². The summed E-state index contributed by atoms with van der Waals surface area (Å²) < 4.78 is 0. The fourth-order valence-electron chi connectivity index (χ4n) is 2.91. The highest BCUT2D eigenvalue weighted by Crippen LogP contribution is 2.21. The summed E-state index contributed by atoms with van der Waals surface area (Å²) in [7, 11) is 0. The highest BCUT2D eigenvalue weighted by Gasteiger charge is 2.24. The van der Waals surface area contributed by atoms with E-state index in [1.54, 1.807) is 0 Å². The van der Waals surface area contributed by atoms with Crippen LogP contribution in [0, 0.1) is 0 Å². The smallest absolute Gasteiger partial charge is 0.131 e. The number of para-hydroxylation sites is 1. The molecule has 2 heterocycles.